The summed E-state index contributed by atoms with van der Waals surface area (Å²) in [5, 5.41) is 39.6. The van der Waals surface area contributed by atoms with Gasteiger partial charge in [0.15, 0.2) is 5.79 Å². The van der Waals surface area contributed by atoms with Crippen molar-refractivity contribution in [3.63, 3.8) is 0 Å². The zero-order chi connectivity index (χ0) is 26.8. The van der Waals surface area contributed by atoms with Crippen LogP contribution in [0.15, 0.2) is 30.9 Å². The number of ether oxygens (including phenoxy) is 3. The molecule has 3 rings (SSSR count). The molecule has 204 valence electrons. The van der Waals surface area contributed by atoms with Gasteiger partial charge in [0.25, 0.3) is 0 Å². The first kappa shape index (κ1) is 29.9. The highest BCUT2D eigenvalue weighted by molar-refractivity contribution is 5.68. The summed E-state index contributed by atoms with van der Waals surface area (Å²) in [4.78, 5) is 14.0. The summed E-state index contributed by atoms with van der Waals surface area (Å²) in [6.45, 7) is 3.84. The lowest BCUT2D eigenvalue weighted by atomic mass is 9.78. The highest BCUT2D eigenvalue weighted by atomic mass is 16.5. The number of nitrogens with zero attached hydrogens (tertiary/aromatic N) is 1. The van der Waals surface area contributed by atoms with Crippen LogP contribution in [0.3, 0.4) is 0 Å². The van der Waals surface area contributed by atoms with Crippen LogP contribution in [0.2, 0.25) is 0 Å². The summed E-state index contributed by atoms with van der Waals surface area (Å²) >= 11 is 0. The maximum absolute atomic E-state index is 12.7. The third-order valence-corrected chi connectivity index (χ3v) is 7.01. The first-order valence-corrected chi connectivity index (χ1v) is 12.6. The van der Waals surface area contributed by atoms with Crippen molar-refractivity contribution < 1.29 is 39.4 Å². The lowest BCUT2D eigenvalue weighted by Crippen LogP contribution is -2.57. The Labute approximate surface area is 214 Å². The van der Waals surface area contributed by atoms with E-state index in [4.69, 9.17) is 24.4 Å². The lowest BCUT2D eigenvalue weighted by molar-refractivity contribution is -0.180. The van der Waals surface area contributed by atoms with E-state index < -0.39 is 23.7 Å². The summed E-state index contributed by atoms with van der Waals surface area (Å²) in [5.41, 5.74) is -0.799. The van der Waals surface area contributed by atoms with Crippen LogP contribution in [0, 0.1) is 5.92 Å². The van der Waals surface area contributed by atoms with Gasteiger partial charge in [-0.3, -0.25) is 4.90 Å². The normalized spacial score (nSPS) is 22.8. The number of amides is 1. The van der Waals surface area contributed by atoms with Crippen LogP contribution >= 0.6 is 0 Å². The molecule has 0 radical (unpaired) electrons. The van der Waals surface area contributed by atoms with Gasteiger partial charge in [0.05, 0.1) is 34.0 Å². The van der Waals surface area contributed by atoms with Gasteiger partial charge in [-0.1, -0.05) is 18.9 Å². The number of hydrogen-bond acceptors (Lipinski definition) is 8. The van der Waals surface area contributed by atoms with Gasteiger partial charge in [-0.15, -0.1) is 6.58 Å². The van der Waals surface area contributed by atoms with Gasteiger partial charge in [-0.25, -0.2) is 4.79 Å². The quantitative estimate of drug-likeness (QED) is 0.308. The number of aliphatic hydroxyl groups excluding tert-OH is 1. The van der Waals surface area contributed by atoms with Gasteiger partial charge < -0.3 is 34.6 Å². The van der Waals surface area contributed by atoms with Gasteiger partial charge >= 0.3 is 6.09 Å². The van der Waals surface area contributed by atoms with E-state index in [9.17, 15) is 15.0 Å². The lowest BCUT2D eigenvalue weighted by Gasteiger charge is -2.46. The first-order chi connectivity index (χ1) is 17.1. The Bertz CT molecular complexity index is 815. The molecule has 9 nitrogen and oxygen atoms in total. The van der Waals surface area contributed by atoms with E-state index >= 15 is 0 Å². The molecule has 3 unspecified atom stereocenters. The van der Waals surface area contributed by atoms with E-state index in [0.29, 0.717) is 43.6 Å². The number of methoxy groups -OCH3 is 3. The SMILES string of the molecule is C=CCC(O)(C1CCCC(O)C1)N(Cc1cc(OC)cc(OC)c1)C(=O)OC.OC1(O)CCCCC1. The highest BCUT2D eigenvalue weighted by Gasteiger charge is 2.46. The molecule has 1 aromatic carbocycles. The van der Waals surface area contributed by atoms with Crippen LogP contribution in [-0.4, -0.2) is 70.4 Å². The summed E-state index contributed by atoms with van der Waals surface area (Å²) < 4.78 is 15.6. The summed E-state index contributed by atoms with van der Waals surface area (Å²) in [6.07, 6.45) is 7.43. The van der Waals surface area contributed by atoms with Gasteiger partial charge in [0.1, 0.15) is 17.2 Å². The molecule has 0 saturated heterocycles. The maximum atomic E-state index is 12.7. The predicted molar refractivity (Wildman–Crippen MR) is 135 cm³/mol. The molecule has 1 amide bonds. The fourth-order valence-corrected chi connectivity index (χ4v) is 5.02. The smallest absolute Gasteiger partial charge is 0.412 e. The van der Waals surface area contributed by atoms with Crippen molar-refractivity contribution in [3.8, 4) is 11.5 Å². The molecule has 3 atom stereocenters. The molecule has 0 bridgehead atoms. The Morgan fingerprint density at radius 1 is 1.08 bits per heavy atom. The summed E-state index contributed by atoms with van der Waals surface area (Å²) in [5.74, 6) is -0.446. The average molecular weight is 510 g/mol. The molecule has 2 saturated carbocycles. The highest BCUT2D eigenvalue weighted by Crippen LogP contribution is 2.39. The van der Waals surface area contributed by atoms with Crippen molar-refractivity contribution in [3.05, 3.63) is 36.4 Å². The summed E-state index contributed by atoms with van der Waals surface area (Å²) in [6, 6.07) is 5.30. The molecule has 2 fully saturated rings. The van der Waals surface area contributed by atoms with Crippen molar-refractivity contribution in [2.24, 2.45) is 5.92 Å². The maximum Gasteiger partial charge on any atom is 0.412 e. The van der Waals surface area contributed by atoms with E-state index in [1.807, 2.05) is 0 Å². The third-order valence-electron chi connectivity index (χ3n) is 7.01. The van der Waals surface area contributed by atoms with Crippen LogP contribution in [0.1, 0.15) is 69.8 Å². The minimum absolute atomic E-state index is 0.0944. The zero-order valence-electron chi connectivity index (χ0n) is 21.8. The molecule has 36 heavy (non-hydrogen) atoms. The van der Waals surface area contributed by atoms with Gasteiger partial charge in [-0.05, 0) is 49.8 Å². The number of hydrogen-bond donors (Lipinski definition) is 4. The molecule has 1 aromatic rings. The van der Waals surface area contributed by atoms with E-state index in [0.717, 1.165) is 31.2 Å². The Balaban J connectivity index is 0.000000482. The molecule has 9 heteroatoms. The van der Waals surface area contributed by atoms with Gasteiger partial charge in [0.2, 0.25) is 0 Å². The number of rotatable bonds is 8. The molecule has 0 aliphatic heterocycles. The standard InChI is InChI=1S/C21H31NO6.C6H12O2/c1-5-9-21(25,16-7-6-8-17(23)12-16)22(20(24)28-4)14-15-10-18(26-2)13-19(11-15)27-3;7-6(8)4-2-1-3-5-6/h5,10-11,13,16-17,23,25H,1,6-9,12,14H2,2-4H3;7-8H,1-5H2. The average Bonchev–Trinajstić information content (AvgIpc) is 2.86. The zero-order valence-corrected chi connectivity index (χ0v) is 21.8. The fraction of sp³-hybridized carbons (Fsp3) is 0.667. The van der Waals surface area contributed by atoms with E-state index in [2.05, 4.69) is 6.58 Å². The molecular weight excluding hydrogens is 466 g/mol. The molecule has 2 aliphatic rings. The van der Waals surface area contributed by atoms with Gasteiger partial charge in [-0.2, -0.15) is 0 Å². The van der Waals surface area contributed by atoms with Crippen LogP contribution < -0.4 is 9.47 Å². The van der Waals surface area contributed by atoms with E-state index in [-0.39, 0.29) is 18.9 Å². The summed E-state index contributed by atoms with van der Waals surface area (Å²) in [7, 11) is 4.38. The van der Waals surface area contributed by atoms with Crippen molar-refractivity contribution >= 4 is 6.09 Å². The number of benzene rings is 1. The van der Waals surface area contributed by atoms with Crippen molar-refractivity contribution in [1.29, 1.82) is 0 Å². The van der Waals surface area contributed by atoms with Crippen molar-refractivity contribution in [2.45, 2.75) is 88.4 Å². The third kappa shape index (κ3) is 8.37. The topological polar surface area (TPSA) is 129 Å². The molecular formula is C27H43NO8. The monoisotopic (exact) mass is 509 g/mol. The minimum atomic E-state index is -1.52. The Kier molecular flexibility index (Phi) is 11.5. The Hall–Kier alpha value is -2.33. The molecule has 2 aliphatic carbocycles. The number of aliphatic hydroxyl groups is 4. The number of carbonyl (C=O) groups excluding carboxylic acids is 1. The second kappa shape index (κ2) is 13.8. The van der Waals surface area contributed by atoms with Crippen molar-refractivity contribution in [2.75, 3.05) is 21.3 Å². The van der Waals surface area contributed by atoms with E-state index in [1.165, 1.54) is 12.0 Å². The first-order valence-electron chi connectivity index (χ1n) is 12.6. The fourth-order valence-electron chi connectivity index (χ4n) is 5.02. The van der Waals surface area contributed by atoms with Crippen LogP contribution in [-0.2, 0) is 11.3 Å². The number of carbonyl (C=O) groups is 1. The van der Waals surface area contributed by atoms with Crippen LogP contribution in [0.25, 0.3) is 0 Å². The van der Waals surface area contributed by atoms with Crippen LogP contribution in [0.5, 0.6) is 11.5 Å². The van der Waals surface area contributed by atoms with Gasteiger partial charge in [0, 0.05) is 31.2 Å². The predicted octanol–water partition coefficient (Wildman–Crippen LogP) is 3.72. The van der Waals surface area contributed by atoms with Crippen LogP contribution in [0.4, 0.5) is 4.79 Å². The van der Waals surface area contributed by atoms with Crippen molar-refractivity contribution in [1.82, 2.24) is 4.90 Å². The second-order valence-corrected chi connectivity index (χ2v) is 9.71. The molecule has 0 spiro atoms. The largest absolute Gasteiger partial charge is 0.497 e. The second-order valence-electron chi connectivity index (χ2n) is 9.71. The molecule has 0 heterocycles. The van der Waals surface area contributed by atoms with E-state index in [1.54, 1.807) is 38.5 Å². The Morgan fingerprint density at radius 2 is 1.69 bits per heavy atom. The molecule has 4 N–H and O–H groups in total. The molecule has 0 aromatic heterocycles. The minimum Gasteiger partial charge on any atom is -0.497 e. The Morgan fingerprint density at radius 3 is 2.14 bits per heavy atom.